The summed E-state index contributed by atoms with van der Waals surface area (Å²) in [6.45, 7) is 3.34. The summed E-state index contributed by atoms with van der Waals surface area (Å²) < 4.78 is 1.69. The molecule has 1 atom stereocenters. The minimum atomic E-state index is 0.0474. The van der Waals surface area contributed by atoms with E-state index < -0.39 is 0 Å². The van der Waals surface area contributed by atoms with E-state index in [1.165, 1.54) is 6.33 Å². The normalized spacial score (nSPS) is 18.5. The van der Waals surface area contributed by atoms with E-state index in [1.54, 1.807) is 11.0 Å². The number of nitrogens with two attached hydrogens (primary N) is 1. The van der Waals surface area contributed by atoms with E-state index in [-0.39, 0.29) is 11.9 Å². The quantitative estimate of drug-likeness (QED) is 0.874. The maximum atomic E-state index is 12.4. The molecule has 6 heteroatoms. The summed E-state index contributed by atoms with van der Waals surface area (Å²) in [5.74, 6) is 0.0474. The number of aromatic nitrogens is 3. The van der Waals surface area contributed by atoms with Crippen LogP contribution in [-0.2, 0) is 0 Å². The first-order chi connectivity index (χ1) is 9.65. The highest BCUT2D eigenvalue weighted by molar-refractivity contribution is 5.95. The molecule has 1 amide bonds. The SMILES string of the molecule is Cc1cc(C(=O)N2CC[C@@H](N)C2)ccc1-n1cncn1. The number of aryl methyl sites for hydroxylation is 1. The molecule has 1 aliphatic rings. The van der Waals surface area contributed by atoms with Gasteiger partial charge in [0.25, 0.3) is 5.91 Å². The summed E-state index contributed by atoms with van der Waals surface area (Å²) >= 11 is 0. The number of hydrogen-bond donors (Lipinski definition) is 1. The molecule has 6 nitrogen and oxygen atoms in total. The zero-order chi connectivity index (χ0) is 14.1. The van der Waals surface area contributed by atoms with Crippen molar-refractivity contribution in [3.8, 4) is 5.69 Å². The molecule has 1 aromatic heterocycles. The van der Waals surface area contributed by atoms with Crippen molar-refractivity contribution in [3.63, 3.8) is 0 Å². The second kappa shape index (κ2) is 5.05. The third kappa shape index (κ3) is 2.30. The van der Waals surface area contributed by atoms with Crippen molar-refractivity contribution in [3.05, 3.63) is 42.0 Å². The van der Waals surface area contributed by atoms with Gasteiger partial charge in [-0.1, -0.05) is 0 Å². The number of rotatable bonds is 2. The van der Waals surface area contributed by atoms with Crippen molar-refractivity contribution >= 4 is 5.91 Å². The van der Waals surface area contributed by atoms with Crippen LogP contribution in [0.25, 0.3) is 5.69 Å². The highest BCUT2D eigenvalue weighted by Gasteiger charge is 2.24. The standard InChI is InChI=1S/C14H17N5O/c1-10-6-11(14(20)18-5-4-12(15)7-18)2-3-13(10)19-9-16-8-17-19/h2-3,6,8-9,12H,4-5,7,15H2,1H3/t12-/m1/s1. The van der Waals surface area contributed by atoms with E-state index in [0.717, 1.165) is 24.2 Å². The van der Waals surface area contributed by atoms with Crippen LogP contribution in [0.3, 0.4) is 0 Å². The van der Waals surface area contributed by atoms with Gasteiger partial charge in [0.1, 0.15) is 12.7 Å². The predicted octanol–water partition coefficient (Wildman–Crippen LogP) is 0.749. The topological polar surface area (TPSA) is 77.0 Å². The van der Waals surface area contributed by atoms with Crippen LogP contribution in [0.15, 0.2) is 30.9 Å². The second-order valence-electron chi connectivity index (χ2n) is 5.14. The maximum Gasteiger partial charge on any atom is 0.253 e. The second-order valence-corrected chi connectivity index (χ2v) is 5.14. The van der Waals surface area contributed by atoms with Crippen LogP contribution < -0.4 is 5.73 Å². The van der Waals surface area contributed by atoms with Crippen LogP contribution in [0.5, 0.6) is 0 Å². The minimum Gasteiger partial charge on any atom is -0.337 e. The molecule has 0 unspecified atom stereocenters. The maximum absolute atomic E-state index is 12.4. The molecule has 0 radical (unpaired) electrons. The van der Waals surface area contributed by atoms with Crippen molar-refractivity contribution in [2.75, 3.05) is 13.1 Å². The van der Waals surface area contributed by atoms with Gasteiger partial charge in [-0.05, 0) is 37.1 Å². The molecular formula is C14H17N5O. The first-order valence-corrected chi connectivity index (χ1v) is 6.65. The third-order valence-corrected chi connectivity index (χ3v) is 3.62. The Balaban J connectivity index is 1.85. The lowest BCUT2D eigenvalue weighted by molar-refractivity contribution is 0.0791. The van der Waals surface area contributed by atoms with Gasteiger partial charge in [0.15, 0.2) is 0 Å². The molecule has 0 aliphatic carbocycles. The van der Waals surface area contributed by atoms with Crippen LogP contribution in [0.1, 0.15) is 22.3 Å². The molecule has 2 heterocycles. The first-order valence-electron chi connectivity index (χ1n) is 6.65. The highest BCUT2D eigenvalue weighted by Crippen LogP contribution is 2.18. The van der Waals surface area contributed by atoms with E-state index in [9.17, 15) is 4.79 Å². The number of hydrogen-bond acceptors (Lipinski definition) is 4. The van der Waals surface area contributed by atoms with Gasteiger partial charge >= 0.3 is 0 Å². The van der Waals surface area contributed by atoms with Crippen LogP contribution in [0.4, 0.5) is 0 Å². The molecule has 0 saturated carbocycles. The molecule has 1 aliphatic heterocycles. The van der Waals surface area contributed by atoms with Gasteiger partial charge in [0.2, 0.25) is 0 Å². The van der Waals surface area contributed by atoms with Crippen LogP contribution >= 0.6 is 0 Å². The smallest absolute Gasteiger partial charge is 0.253 e. The number of carbonyl (C=O) groups is 1. The fraction of sp³-hybridized carbons (Fsp3) is 0.357. The number of carbonyl (C=O) groups excluding carboxylic acids is 1. The fourth-order valence-electron chi connectivity index (χ4n) is 2.53. The molecule has 1 aromatic carbocycles. The lowest BCUT2D eigenvalue weighted by Crippen LogP contribution is -2.31. The van der Waals surface area contributed by atoms with Crippen LogP contribution in [-0.4, -0.2) is 44.7 Å². The summed E-state index contributed by atoms with van der Waals surface area (Å²) in [4.78, 5) is 18.1. The summed E-state index contributed by atoms with van der Waals surface area (Å²) in [5, 5.41) is 4.10. The van der Waals surface area contributed by atoms with Gasteiger partial charge in [-0.2, -0.15) is 5.10 Å². The van der Waals surface area contributed by atoms with E-state index in [0.29, 0.717) is 12.1 Å². The monoisotopic (exact) mass is 271 g/mol. The zero-order valence-corrected chi connectivity index (χ0v) is 11.4. The summed E-state index contributed by atoms with van der Waals surface area (Å²) in [6.07, 6.45) is 4.01. The minimum absolute atomic E-state index is 0.0474. The lowest BCUT2D eigenvalue weighted by Gasteiger charge is -2.16. The molecule has 0 spiro atoms. The fourth-order valence-corrected chi connectivity index (χ4v) is 2.53. The molecule has 1 fully saturated rings. The van der Waals surface area contributed by atoms with Gasteiger partial charge in [-0.15, -0.1) is 0 Å². The molecule has 3 rings (SSSR count). The highest BCUT2D eigenvalue weighted by atomic mass is 16.2. The Kier molecular flexibility index (Phi) is 3.23. The van der Waals surface area contributed by atoms with Gasteiger partial charge in [-0.3, -0.25) is 4.79 Å². The van der Waals surface area contributed by atoms with Crippen molar-refractivity contribution in [2.24, 2.45) is 5.73 Å². The Morgan fingerprint density at radius 2 is 2.30 bits per heavy atom. The van der Waals surface area contributed by atoms with Gasteiger partial charge in [-0.25, -0.2) is 9.67 Å². The van der Waals surface area contributed by atoms with E-state index >= 15 is 0 Å². The van der Waals surface area contributed by atoms with Gasteiger partial charge in [0.05, 0.1) is 5.69 Å². The Bertz CT molecular complexity index is 622. The van der Waals surface area contributed by atoms with E-state index in [4.69, 9.17) is 5.73 Å². The average Bonchev–Trinajstić information content (AvgIpc) is 3.09. The van der Waals surface area contributed by atoms with Gasteiger partial charge < -0.3 is 10.6 Å². The molecule has 1 saturated heterocycles. The molecule has 0 bridgehead atoms. The Hall–Kier alpha value is -2.21. The van der Waals surface area contributed by atoms with Crippen molar-refractivity contribution < 1.29 is 4.79 Å². The number of nitrogens with zero attached hydrogens (tertiary/aromatic N) is 4. The molecule has 2 N–H and O–H groups in total. The Morgan fingerprint density at radius 3 is 2.90 bits per heavy atom. The summed E-state index contributed by atoms with van der Waals surface area (Å²) in [7, 11) is 0. The zero-order valence-electron chi connectivity index (χ0n) is 11.4. The summed E-state index contributed by atoms with van der Waals surface area (Å²) in [5.41, 5.74) is 8.46. The largest absolute Gasteiger partial charge is 0.337 e. The molecule has 104 valence electrons. The average molecular weight is 271 g/mol. The Labute approximate surface area is 117 Å². The molecule has 20 heavy (non-hydrogen) atoms. The number of benzene rings is 1. The van der Waals surface area contributed by atoms with Crippen molar-refractivity contribution in [2.45, 2.75) is 19.4 Å². The predicted molar refractivity (Wildman–Crippen MR) is 74.6 cm³/mol. The number of amides is 1. The van der Waals surface area contributed by atoms with Gasteiger partial charge in [0, 0.05) is 24.7 Å². The molecule has 2 aromatic rings. The van der Waals surface area contributed by atoms with Crippen molar-refractivity contribution in [1.29, 1.82) is 0 Å². The van der Waals surface area contributed by atoms with Crippen molar-refractivity contribution in [1.82, 2.24) is 19.7 Å². The summed E-state index contributed by atoms with van der Waals surface area (Å²) in [6, 6.07) is 5.72. The van der Waals surface area contributed by atoms with Crippen LogP contribution in [0, 0.1) is 6.92 Å². The lowest BCUT2D eigenvalue weighted by atomic mass is 10.1. The van der Waals surface area contributed by atoms with E-state index in [1.807, 2.05) is 30.0 Å². The number of likely N-dealkylation sites (tertiary alicyclic amines) is 1. The van der Waals surface area contributed by atoms with E-state index in [2.05, 4.69) is 10.1 Å². The Morgan fingerprint density at radius 1 is 1.45 bits per heavy atom. The molecular weight excluding hydrogens is 254 g/mol. The van der Waals surface area contributed by atoms with Crippen LogP contribution in [0.2, 0.25) is 0 Å². The first kappa shape index (κ1) is 12.8. The third-order valence-electron chi connectivity index (χ3n) is 3.62.